The van der Waals surface area contributed by atoms with Gasteiger partial charge in [0.2, 0.25) is 0 Å². The molecular formula is C56H37N5. The van der Waals surface area contributed by atoms with Crippen LogP contribution in [0.3, 0.4) is 0 Å². The largest absolute Gasteiger partial charge is 0.236 e. The summed E-state index contributed by atoms with van der Waals surface area (Å²) in [6, 6.07) is 65.4. The zero-order valence-electron chi connectivity index (χ0n) is 33.4. The maximum Gasteiger partial charge on any atom is 0.164 e. The van der Waals surface area contributed by atoms with Crippen LogP contribution in [-0.4, -0.2) is 24.9 Å². The number of hydrogen-bond acceptors (Lipinski definition) is 5. The summed E-state index contributed by atoms with van der Waals surface area (Å²) in [5.41, 5.74) is 18.0. The van der Waals surface area contributed by atoms with Crippen molar-refractivity contribution in [2.75, 3.05) is 0 Å². The molecule has 0 radical (unpaired) electrons. The SMILES string of the molecule is C=C1c2c(-c3cccc(-c4ccc(-c5ccc(-c6nc(-c7ccccc7)nc(-c7ccc(-c8ccccc8)cc7)n6)cc5)cc4)c3)ncnc2-c2cc3ccccc3c(C)c21. The van der Waals surface area contributed by atoms with Crippen LogP contribution in [0.25, 0.3) is 106 Å². The van der Waals surface area contributed by atoms with Gasteiger partial charge in [0.25, 0.3) is 0 Å². The van der Waals surface area contributed by atoms with Crippen LogP contribution >= 0.6 is 0 Å². The highest BCUT2D eigenvalue weighted by molar-refractivity contribution is 6.08. The fraction of sp³-hybridized carbons (Fsp3) is 0.0179. The molecule has 0 N–H and O–H groups in total. The molecule has 2 aromatic heterocycles. The molecule has 8 aromatic carbocycles. The van der Waals surface area contributed by atoms with Crippen molar-refractivity contribution >= 4 is 16.3 Å². The second kappa shape index (κ2) is 14.9. The third-order valence-electron chi connectivity index (χ3n) is 11.8. The molecule has 5 nitrogen and oxygen atoms in total. The van der Waals surface area contributed by atoms with E-state index in [1.807, 2.05) is 36.4 Å². The van der Waals surface area contributed by atoms with Gasteiger partial charge in [0.15, 0.2) is 17.5 Å². The van der Waals surface area contributed by atoms with Crippen molar-refractivity contribution < 1.29 is 0 Å². The van der Waals surface area contributed by atoms with Gasteiger partial charge in [-0.1, -0.05) is 183 Å². The minimum atomic E-state index is 0.628. The Morgan fingerprint density at radius 1 is 0.361 bits per heavy atom. The second-order valence-electron chi connectivity index (χ2n) is 15.4. The lowest BCUT2D eigenvalue weighted by Gasteiger charge is -2.11. The van der Waals surface area contributed by atoms with Gasteiger partial charge in [-0.25, -0.2) is 24.9 Å². The van der Waals surface area contributed by atoms with Gasteiger partial charge in [-0.2, -0.15) is 0 Å². The van der Waals surface area contributed by atoms with Crippen molar-refractivity contribution in [3.63, 3.8) is 0 Å². The third kappa shape index (κ3) is 6.49. The number of rotatable bonds is 7. The molecule has 11 rings (SSSR count). The molecule has 1 aliphatic rings. The highest BCUT2D eigenvalue weighted by Crippen LogP contribution is 2.49. The van der Waals surface area contributed by atoms with E-state index in [-0.39, 0.29) is 0 Å². The second-order valence-corrected chi connectivity index (χ2v) is 15.4. The molecule has 0 spiro atoms. The fourth-order valence-electron chi connectivity index (χ4n) is 8.63. The monoisotopic (exact) mass is 779 g/mol. The van der Waals surface area contributed by atoms with Crippen molar-refractivity contribution in [1.29, 1.82) is 0 Å². The van der Waals surface area contributed by atoms with E-state index in [1.165, 1.54) is 21.9 Å². The summed E-state index contributed by atoms with van der Waals surface area (Å²) >= 11 is 0. The lowest BCUT2D eigenvalue weighted by molar-refractivity contribution is 1.07. The van der Waals surface area contributed by atoms with E-state index in [1.54, 1.807) is 6.33 Å². The maximum atomic E-state index is 4.99. The molecule has 5 heteroatoms. The molecule has 0 fully saturated rings. The first-order chi connectivity index (χ1) is 30.1. The molecule has 0 atom stereocenters. The van der Waals surface area contributed by atoms with Crippen LogP contribution in [0.1, 0.15) is 16.7 Å². The van der Waals surface area contributed by atoms with Gasteiger partial charge in [-0.15, -0.1) is 0 Å². The lowest BCUT2D eigenvalue weighted by Crippen LogP contribution is -2.00. The highest BCUT2D eigenvalue weighted by atomic mass is 15.0. The van der Waals surface area contributed by atoms with Crippen molar-refractivity contribution in [3.8, 4) is 90.1 Å². The Morgan fingerprint density at radius 3 is 1.38 bits per heavy atom. The number of aromatic nitrogens is 5. The van der Waals surface area contributed by atoms with E-state index in [9.17, 15) is 0 Å². The van der Waals surface area contributed by atoms with Crippen molar-refractivity contribution in [1.82, 2.24) is 24.9 Å². The number of fused-ring (bicyclic) bond motifs is 4. The van der Waals surface area contributed by atoms with Gasteiger partial charge >= 0.3 is 0 Å². The van der Waals surface area contributed by atoms with Crippen LogP contribution in [0, 0.1) is 6.92 Å². The first kappa shape index (κ1) is 36.0. The standard InChI is InChI=1S/C56H37N5/c1-35-48-19-10-9-16-46(48)33-49-50(35)36(2)51-52(57-34-58-53(49)51)47-18-11-17-45(32-47)41-22-20-39(21-23-41)40-26-30-44(31-27-40)56-60-54(42-14-7-4-8-15-42)59-55(61-56)43-28-24-38(25-29-43)37-12-5-3-6-13-37/h3-34H,2H2,1H3. The Hall–Kier alpha value is -8.15. The number of benzene rings is 8. The van der Waals surface area contributed by atoms with Gasteiger partial charge in [0, 0.05) is 33.4 Å². The molecule has 0 aliphatic heterocycles. The number of hydrogen-bond donors (Lipinski definition) is 0. The van der Waals surface area contributed by atoms with Crippen molar-refractivity contribution in [2.24, 2.45) is 0 Å². The zero-order valence-corrected chi connectivity index (χ0v) is 33.4. The van der Waals surface area contributed by atoms with Crippen molar-refractivity contribution in [3.05, 3.63) is 218 Å². The van der Waals surface area contributed by atoms with E-state index in [2.05, 4.69) is 165 Å². The third-order valence-corrected chi connectivity index (χ3v) is 11.8. The summed E-state index contributed by atoms with van der Waals surface area (Å²) in [6.07, 6.45) is 1.68. The van der Waals surface area contributed by atoms with E-state index in [4.69, 9.17) is 24.9 Å². The summed E-state index contributed by atoms with van der Waals surface area (Å²) in [6.45, 7) is 6.77. The molecule has 0 unspecified atom stereocenters. The quantitative estimate of drug-likeness (QED) is 0.161. The Kier molecular flexibility index (Phi) is 8.79. The average molecular weight is 780 g/mol. The first-order valence-corrected chi connectivity index (χ1v) is 20.4. The van der Waals surface area contributed by atoms with Gasteiger partial charge in [-0.3, -0.25) is 0 Å². The molecule has 61 heavy (non-hydrogen) atoms. The highest BCUT2D eigenvalue weighted by Gasteiger charge is 2.30. The van der Waals surface area contributed by atoms with Gasteiger partial charge in [-0.05, 0) is 79.9 Å². The van der Waals surface area contributed by atoms with E-state index < -0.39 is 0 Å². The predicted molar refractivity (Wildman–Crippen MR) is 249 cm³/mol. The van der Waals surface area contributed by atoms with Crippen LogP contribution < -0.4 is 0 Å². The molecular weight excluding hydrogens is 743 g/mol. The van der Waals surface area contributed by atoms with Gasteiger partial charge in [0.05, 0.1) is 11.4 Å². The van der Waals surface area contributed by atoms with E-state index in [0.717, 1.165) is 83.7 Å². The van der Waals surface area contributed by atoms with Crippen LogP contribution in [0.5, 0.6) is 0 Å². The number of aryl methyl sites for hydroxylation is 1. The summed E-state index contributed by atoms with van der Waals surface area (Å²) < 4.78 is 0. The smallest absolute Gasteiger partial charge is 0.164 e. The Labute approximate surface area is 354 Å². The molecule has 0 amide bonds. The summed E-state index contributed by atoms with van der Waals surface area (Å²) in [5, 5.41) is 2.44. The van der Waals surface area contributed by atoms with E-state index >= 15 is 0 Å². The van der Waals surface area contributed by atoms with E-state index in [0.29, 0.717) is 17.5 Å². The van der Waals surface area contributed by atoms with Gasteiger partial charge < -0.3 is 0 Å². The van der Waals surface area contributed by atoms with Crippen LogP contribution in [0.2, 0.25) is 0 Å². The average Bonchev–Trinajstić information content (AvgIpc) is 3.63. The number of nitrogens with zero attached hydrogens (tertiary/aromatic N) is 5. The molecule has 286 valence electrons. The summed E-state index contributed by atoms with van der Waals surface area (Å²) in [5.74, 6) is 1.90. The van der Waals surface area contributed by atoms with Gasteiger partial charge in [0.1, 0.15) is 6.33 Å². The van der Waals surface area contributed by atoms with Crippen molar-refractivity contribution in [2.45, 2.75) is 6.92 Å². The first-order valence-electron chi connectivity index (χ1n) is 20.4. The molecule has 1 aliphatic carbocycles. The molecule has 0 saturated heterocycles. The topological polar surface area (TPSA) is 64.5 Å². The Balaban J connectivity index is 0.874. The van der Waals surface area contributed by atoms with Crippen LogP contribution in [0.4, 0.5) is 0 Å². The maximum absolute atomic E-state index is 4.99. The van der Waals surface area contributed by atoms with Crippen LogP contribution in [-0.2, 0) is 0 Å². The Bertz CT molecular complexity index is 3280. The Morgan fingerprint density at radius 2 is 0.787 bits per heavy atom. The molecule has 0 saturated carbocycles. The van der Waals surface area contributed by atoms with Crippen LogP contribution in [0.15, 0.2) is 201 Å². The normalized spacial score (nSPS) is 11.7. The minimum absolute atomic E-state index is 0.628. The summed E-state index contributed by atoms with van der Waals surface area (Å²) in [7, 11) is 0. The zero-order chi connectivity index (χ0) is 40.9. The molecule has 10 aromatic rings. The fourth-order valence-corrected chi connectivity index (χ4v) is 8.63. The molecule has 0 bridgehead atoms. The lowest BCUT2D eigenvalue weighted by atomic mass is 9.93. The minimum Gasteiger partial charge on any atom is -0.236 e. The predicted octanol–water partition coefficient (Wildman–Crippen LogP) is 13.8. The summed E-state index contributed by atoms with van der Waals surface area (Å²) in [4.78, 5) is 24.5. The molecule has 2 heterocycles.